The smallest absolute Gasteiger partial charge is 0.242 e. The van der Waals surface area contributed by atoms with Crippen LogP contribution in [0.25, 0.3) is 0 Å². The fourth-order valence-corrected chi connectivity index (χ4v) is 2.20. The number of amides is 1. The van der Waals surface area contributed by atoms with Gasteiger partial charge < -0.3 is 20.5 Å². The van der Waals surface area contributed by atoms with E-state index in [4.69, 9.17) is 15.2 Å². The van der Waals surface area contributed by atoms with E-state index in [1.54, 1.807) is 0 Å². The van der Waals surface area contributed by atoms with Crippen molar-refractivity contribution in [1.29, 1.82) is 0 Å². The van der Waals surface area contributed by atoms with Crippen molar-refractivity contribution in [2.75, 3.05) is 19.8 Å². The van der Waals surface area contributed by atoms with E-state index in [9.17, 15) is 4.79 Å². The maximum absolute atomic E-state index is 12.0. The molecule has 2 rings (SSSR count). The molecule has 0 aromatic carbocycles. The molecule has 2 heterocycles. The average Bonchev–Trinajstić information content (AvgIpc) is 2.88. The van der Waals surface area contributed by atoms with Crippen molar-refractivity contribution in [3.63, 3.8) is 0 Å². The zero-order chi connectivity index (χ0) is 11.6. The molecule has 0 aromatic rings. The molecule has 0 aliphatic carbocycles. The Hall–Kier alpha value is -0.650. The molecule has 3 N–H and O–H groups in total. The van der Waals surface area contributed by atoms with Gasteiger partial charge in [-0.15, -0.1) is 0 Å². The molecule has 0 aromatic heterocycles. The van der Waals surface area contributed by atoms with Crippen LogP contribution in [-0.2, 0) is 14.3 Å². The van der Waals surface area contributed by atoms with Crippen molar-refractivity contribution in [2.45, 2.75) is 43.9 Å². The summed E-state index contributed by atoms with van der Waals surface area (Å²) in [6, 6.07) is 0.0241. The van der Waals surface area contributed by atoms with Crippen molar-refractivity contribution in [1.82, 2.24) is 5.32 Å². The molecule has 2 saturated heterocycles. The first-order chi connectivity index (χ1) is 7.62. The quantitative estimate of drug-likeness (QED) is 0.701. The second kappa shape index (κ2) is 4.69. The van der Waals surface area contributed by atoms with E-state index < -0.39 is 5.54 Å². The van der Waals surface area contributed by atoms with Gasteiger partial charge in [0.05, 0.1) is 18.8 Å². The summed E-state index contributed by atoms with van der Waals surface area (Å²) in [6.45, 7) is 3.64. The highest BCUT2D eigenvalue weighted by molar-refractivity contribution is 5.86. The van der Waals surface area contributed by atoms with Crippen LogP contribution in [-0.4, -0.2) is 43.4 Å². The van der Waals surface area contributed by atoms with Gasteiger partial charge in [-0.2, -0.15) is 0 Å². The summed E-state index contributed by atoms with van der Waals surface area (Å²) >= 11 is 0. The summed E-state index contributed by atoms with van der Waals surface area (Å²) in [5, 5.41) is 2.94. The lowest BCUT2D eigenvalue weighted by Gasteiger charge is -2.26. The van der Waals surface area contributed by atoms with Crippen molar-refractivity contribution >= 4 is 5.91 Å². The molecule has 2 aliphatic rings. The maximum Gasteiger partial charge on any atom is 0.242 e. The summed E-state index contributed by atoms with van der Waals surface area (Å²) in [5.74, 6) is -0.118. The van der Waals surface area contributed by atoms with Gasteiger partial charge in [-0.1, -0.05) is 0 Å². The zero-order valence-corrected chi connectivity index (χ0v) is 9.70. The van der Waals surface area contributed by atoms with Crippen molar-refractivity contribution in [2.24, 2.45) is 5.73 Å². The number of carbonyl (C=O) groups is 1. The van der Waals surface area contributed by atoms with E-state index in [2.05, 4.69) is 5.32 Å². The first kappa shape index (κ1) is 11.8. The molecular weight excluding hydrogens is 208 g/mol. The minimum absolute atomic E-state index is 0.0241. The lowest BCUT2D eigenvalue weighted by molar-refractivity contribution is -0.127. The number of nitrogens with one attached hydrogen (secondary N) is 1. The van der Waals surface area contributed by atoms with Gasteiger partial charge in [0.2, 0.25) is 5.91 Å². The van der Waals surface area contributed by atoms with Crippen molar-refractivity contribution < 1.29 is 14.3 Å². The number of hydrogen-bond donors (Lipinski definition) is 2. The largest absolute Gasteiger partial charge is 0.379 e. The molecule has 5 heteroatoms. The molecule has 16 heavy (non-hydrogen) atoms. The standard InChI is InChI=1S/C11H20N2O3/c1-8(9-3-2-5-16-9)13-10(14)11(12)4-6-15-7-11/h8-9H,2-7,12H2,1H3,(H,13,14). The molecule has 1 amide bonds. The number of hydrogen-bond acceptors (Lipinski definition) is 4. The Bertz CT molecular complexity index is 258. The van der Waals surface area contributed by atoms with Gasteiger partial charge in [0.25, 0.3) is 0 Å². The number of ether oxygens (including phenoxy) is 2. The Morgan fingerprint density at radius 3 is 2.94 bits per heavy atom. The van der Waals surface area contributed by atoms with E-state index in [1.807, 2.05) is 6.92 Å². The molecule has 2 aliphatic heterocycles. The second-order valence-electron chi connectivity index (χ2n) is 4.77. The molecule has 2 fully saturated rings. The van der Waals surface area contributed by atoms with Crippen LogP contribution in [0.3, 0.4) is 0 Å². The lowest BCUT2D eigenvalue weighted by Crippen LogP contribution is -2.57. The van der Waals surface area contributed by atoms with Gasteiger partial charge in [-0.25, -0.2) is 0 Å². The number of nitrogens with two attached hydrogens (primary N) is 1. The highest BCUT2D eigenvalue weighted by Crippen LogP contribution is 2.18. The SMILES string of the molecule is CC(NC(=O)C1(N)CCOC1)C1CCCO1. The zero-order valence-electron chi connectivity index (χ0n) is 9.70. The van der Waals surface area contributed by atoms with Crippen molar-refractivity contribution in [3.8, 4) is 0 Å². The topological polar surface area (TPSA) is 73.6 Å². The fraction of sp³-hybridized carbons (Fsp3) is 0.909. The van der Waals surface area contributed by atoms with Crippen LogP contribution in [0.4, 0.5) is 0 Å². The maximum atomic E-state index is 12.0. The molecule has 3 unspecified atom stereocenters. The summed E-state index contributed by atoms with van der Waals surface area (Å²) in [4.78, 5) is 12.0. The molecule has 3 atom stereocenters. The van der Waals surface area contributed by atoms with Gasteiger partial charge in [-0.05, 0) is 26.2 Å². The molecule has 5 nitrogen and oxygen atoms in total. The highest BCUT2D eigenvalue weighted by atomic mass is 16.5. The van der Waals surface area contributed by atoms with Gasteiger partial charge >= 0.3 is 0 Å². The van der Waals surface area contributed by atoms with E-state index in [1.165, 1.54) is 0 Å². The molecule has 0 bridgehead atoms. The van der Waals surface area contributed by atoms with E-state index >= 15 is 0 Å². The predicted octanol–water partition coefficient (Wildman–Crippen LogP) is -0.212. The minimum atomic E-state index is -0.840. The first-order valence-electron chi connectivity index (χ1n) is 5.91. The van der Waals surface area contributed by atoms with Crippen LogP contribution >= 0.6 is 0 Å². The van der Waals surface area contributed by atoms with E-state index in [-0.39, 0.29) is 18.1 Å². The molecule has 0 saturated carbocycles. The lowest BCUT2D eigenvalue weighted by atomic mass is 9.98. The Balaban J connectivity index is 1.86. The Morgan fingerprint density at radius 2 is 2.38 bits per heavy atom. The van der Waals surface area contributed by atoms with Gasteiger partial charge in [0.15, 0.2) is 0 Å². The third-order valence-corrected chi connectivity index (χ3v) is 3.39. The third-order valence-electron chi connectivity index (χ3n) is 3.39. The number of carbonyl (C=O) groups excluding carboxylic acids is 1. The van der Waals surface area contributed by atoms with Gasteiger partial charge in [0.1, 0.15) is 5.54 Å². The third kappa shape index (κ3) is 2.36. The molecule has 92 valence electrons. The predicted molar refractivity (Wildman–Crippen MR) is 58.9 cm³/mol. The summed E-state index contributed by atoms with van der Waals surface area (Å²) in [7, 11) is 0. The summed E-state index contributed by atoms with van der Waals surface area (Å²) in [5.41, 5.74) is 5.13. The average molecular weight is 228 g/mol. The Labute approximate surface area is 95.7 Å². The first-order valence-corrected chi connectivity index (χ1v) is 5.91. The number of rotatable bonds is 3. The molecular formula is C11H20N2O3. The van der Waals surface area contributed by atoms with Crippen LogP contribution < -0.4 is 11.1 Å². The van der Waals surface area contributed by atoms with Gasteiger partial charge in [0, 0.05) is 13.2 Å². The monoisotopic (exact) mass is 228 g/mol. The second-order valence-corrected chi connectivity index (χ2v) is 4.77. The van der Waals surface area contributed by atoms with Crippen LogP contribution in [0, 0.1) is 0 Å². The van der Waals surface area contributed by atoms with Crippen LogP contribution in [0.5, 0.6) is 0 Å². The van der Waals surface area contributed by atoms with Gasteiger partial charge in [-0.3, -0.25) is 4.79 Å². The Morgan fingerprint density at radius 1 is 1.56 bits per heavy atom. The van der Waals surface area contributed by atoms with E-state index in [0.29, 0.717) is 19.6 Å². The Kier molecular flexibility index (Phi) is 3.47. The minimum Gasteiger partial charge on any atom is -0.379 e. The molecule has 0 radical (unpaired) electrons. The fourth-order valence-electron chi connectivity index (χ4n) is 2.20. The summed E-state index contributed by atoms with van der Waals surface area (Å²) < 4.78 is 10.7. The van der Waals surface area contributed by atoms with Crippen LogP contribution in [0.2, 0.25) is 0 Å². The summed E-state index contributed by atoms with van der Waals surface area (Å²) in [6.07, 6.45) is 2.81. The molecule has 0 spiro atoms. The normalized spacial score (nSPS) is 36.2. The van der Waals surface area contributed by atoms with Crippen molar-refractivity contribution in [3.05, 3.63) is 0 Å². The van der Waals surface area contributed by atoms with E-state index in [0.717, 1.165) is 19.4 Å². The van der Waals surface area contributed by atoms with Crippen LogP contribution in [0.1, 0.15) is 26.2 Å². The van der Waals surface area contributed by atoms with Crippen LogP contribution in [0.15, 0.2) is 0 Å². The highest BCUT2D eigenvalue weighted by Gasteiger charge is 2.39.